The Kier molecular flexibility index (Phi) is 6.52. The lowest BCUT2D eigenvalue weighted by atomic mass is 9.93. The van der Waals surface area contributed by atoms with Crippen molar-refractivity contribution in [3.63, 3.8) is 0 Å². The summed E-state index contributed by atoms with van der Waals surface area (Å²) in [7, 11) is 1.98. The molecule has 4 heteroatoms. The summed E-state index contributed by atoms with van der Waals surface area (Å²) in [5.41, 5.74) is 8.08. The maximum absolute atomic E-state index is 13.4. The lowest BCUT2D eigenvalue weighted by molar-refractivity contribution is -0.134. The van der Waals surface area contributed by atoms with Crippen LogP contribution in [0.25, 0.3) is 0 Å². The molecule has 3 aromatic rings. The second-order valence-corrected chi connectivity index (χ2v) is 8.84. The number of aryl methyl sites for hydroxylation is 3. The molecule has 0 aromatic heterocycles. The summed E-state index contributed by atoms with van der Waals surface area (Å²) in [6.07, 6.45) is 0.725. The summed E-state index contributed by atoms with van der Waals surface area (Å²) in [5.74, 6) is 0.0245. The van der Waals surface area contributed by atoms with Gasteiger partial charge >= 0.3 is 0 Å². The minimum Gasteiger partial charge on any atom is -0.293 e. The first-order chi connectivity index (χ1) is 15.4. The van der Waals surface area contributed by atoms with Crippen molar-refractivity contribution in [2.75, 3.05) is 13.6 Å². The minimum atomic E-state index is -0.0791. The third-order valence-electron chi connectivity index (χ3n) is 6.11. The maximum Gasteiger partial charge on any atom is 0.257 e. The highest BCUT2D eigenvalue weighted by Gasteiger charge is 2.34. The molecule has 0 fully saturated rings. The molecule has 0 saturated carbocycles. The average molecular weight is 426 g/mol. The summed E-state index contributed by atoms with van der Waals surface area (Å²) < 4.78 is 0. The summed E-state index contributed by atoms with van der Waals surface area (Å²) in [6, 6.07) is 24.9. The van der Waals surface area contributed by atoms with E-state index in [1.807, 2.05) is 37.4 Å². The number of carbonyl (C=O) groups is 1. The highest BCUT2D eigenvalue weighted by Crippen LogP contribution is 2.35. The Morgan fingerprint density at radius 3 is 2.41 bits per heavy atom. The minimum absolute atomic E-state index is 0.0245. The Morgan fingerprint density at radius 2 is 1.69 bits per heavy atom. The second-order valence-electron chi connectivity index (χ2n) is 8.84. The molecular weight excluding hydrogens is 394 g/mol. The van der Waals surface area contributed by atoms with E-state index in [1.54, 1.807) is 5.01 Å². The molecular formula is C28H31N3O. The third kappa shape index (κ3) is 4.81. The Balaban J connectivity index is 1.61. The molecule has 0 unspecified atom stereocenters. The number of hydrazone groups is 1. The summed E-state index contributed by atoms with van der Waals surface area (Å²) in [4.78, 5) is 15.5. The maximum atomic E-state index is 13.4. The van der Waals surface area contributed by atoms with E-state index in [1.165, 1.54) is 22.3 Å². The van der Waals surface area contributed by atoms with Crippen LogP contribution in [0.5, 0.6) is 0 Å². The van der Waals surface area contributed by atoms with Gasteiger partial charge < -0.3 is 0 Å². The van der Waals surface area contributed by atoms with Crippen molar-refractivity contribution >= 4 is 11.6 Å². The van der Waals surface area contributed by atoms with E-state index in [-0.39, 0.29) is 11.9 Å². The number of rotatable bonds is 6. The van der Waals surface area contributed by atoms with Gasteiger partial charge in [-0.25, -0.2) is 5.01 Å². The number of amides is 1. The van der Waals surface area contributed by atoms with Crippen molar-refractivity contribution in [1.82, 2.24) is 9.91 Å². The zero-order valence-corrected chi connectivity index (χ0v) is 19.4. The fourth-order valence-corrected chi connectivity index (χ4v) is 4.50. The van der Waals surface area contributed by atoms with Gasteiger partial charge in [-0.05, 0) is 50.1 Å². The lowest BCUT2D eigenvalue weighted by Gasteiger charge is -2.25. The van der Waals surface area contributed by atoms with Crippen molar-refractivity contribution in [2.45, 2.75) is 39.8 Å². The first-order valence-electron chi connectivity index (χ1n) is 11.2. The van der Waals surface area contributed by atoms with Crippen LogP contribution >= 0.6 is 0 Å². The van der Waals surface area contributed by atoms with Gasteiger partial charge in [0.25, 0.3) is 5.91 Å². The van der Waals surface area contributed by atoms with Crippen molar-refractivity contribution in [3.8, 4) is 0 Å². The van der Waals surface area contributed by atoms with Crippen LogP contribution in [0.3, 0.4) is 0 Å². The normalized spacial score (nSPS) is 15.8. The van der Waals surface area contributed by atoms with Crippen molar-refractivity contribution in [1.29, 1.82) is 0 Å². The van der Waals surface area contributed by atoms with Gasteiger partial charge in [-0.1, -0.05) is 78.4 Å². The number of benzene rings is 3. The molecule has 0 bridgehead atoms. The molecule has 0 N–H and O–H groups in total. The summed E-state index contributed by atoms with van der Waals surface area (Å²) in [5, 5.41) is 6.60. The first-order valence-corrected chi connectivity index (χ1v) is 11.2. The highest BCUT2D eigenvalue weighted by molar-refractivity contribution is 6.04. The Hall–Kier alpha value is -3.24. The number of hydrogen-bond acceptors (Lipinski definition) is 3. The number of nitrogens with zero attached hydrogens (tertiary/aromatic N) is 3. The van der Waals surface area contributed by atoms with Crippen LogP contribution in [0.1, 0.15) is 45.8 Å². The lowest BCUT2D eigenvalue weighted by Crippen LogP contribution is -2.36. The van der Waals surface area contributed by atoms with Crippen LogP contribution in [0.4, 0.5) is 0 Å². The Labute approximate surface area is 191 Å². The van der Waals surface area contributed by atoms with Crippen molar-refractivity contribution in [2.24, 2.45) is 5.10 Å². The molecule has 1 atom stereocenters. The van der Waals surface area contributed by atoms with Gasteiger partial charge in [-0.15, -0.1) is 0 Å². The van der Waals surface area contributed by atoms with Crippen molar-refractivity contribution < 1.29 is 4.79 Å². The molecule has 0 aliphatic carbocycles. The monoisotopic (exact) mass is 425 g/mol. The van der Waals surface area contributed by atoms with Crippen LogP contribution in [-0.4, -0.2) is 35.1 Å². The smallest absolute Gasteiger partial charge is 0.257 e. The first kappa shape index (κ1) is 22.0. The van der Waals surface area contributed by atoms with E-state index in [4.69, 9.17) is 5.10 Å². The van der Waals surface area contributed by atoms with Crippen LogP contribution < -0.4 is 0 Å². The number of carbonyl (C=O) groups excluding carboxylic acids is 1. The van der Waals surface area contributed by atoms with E-state index in [0.717, 1.165) is 29.8 Å². The molecule has 1 heterocycles. The van der Waals surface area contributed by atoms with Gasteiger partial charge in [0.05, 0.1) is 18.3 Å². The van der Waals surface area contributed by atoms with E-state index in [9.17, 15) is 4.79 Å². The van der Waals surface area contributed by atoms with Gasteiger partial charge in [0.2, 0.25) is 0 Å². The Bertz CT molecular complexity index is 1140. The van der Waals surface area contributed by atoms with Crippen LogP contribution in [0.15, 0.2) is 77.9 Å². The molecule has 164 valence electrons. The molecule has 1 aliphatic rings. The molecule has 0 saturated heterocycles. The third-order valence-corrected chi connectivity index (χ3v) is 6.11. The quantitative estimate of drug-likeness (QED) is 0.529. The van der Waals surface area contributed by atoms with Gasteiger partial charge in [0.15, 0.2) is 0 Å². The largest absolute Gasteiger partial charge is 0.293 e. The fraction of sp³-hybridized carbons (Fsp3) is 0.286. The predicted molar refractivity (Wildman–Crippen MR) is 131 cm³/mol. The van der Waals surface area contributed by atoms with Crippen LogP contribution in [-0.2, 0) is 11.3 Å². The number of hydrogen-bond donors (Lipinski definition) is 0. The summed E-state index contributed by atoms with van der Waals surface area (Å²) >= 11 is 0. The highest BCUT2D eigenvalue weighted by atomic mass is 16.2. The van der Waals surface area contributed by atoms with Gasteiger partial charge in [-0.3, -0.25) is 9.69 Å². The molecule has 32 heavy (non-hydrogen) atoms. The van der Waals surface area contributed by atoms with E-state index >= 15 is 0 Å². The second kappa shape index (κ2) is 9.49. The molecule has 0 spiro atoms. The molecule has 1 aliphatic heterocycles. The Morgan fingerprint density at radius 1 is 0.969 bits per heavy atom. The SMILES string of the molecule is Cc1ccc(C2=NN(C(=O)CN(C)Cc3ccccc3)[C@H](c3ccccc3C)C2)c(C)c1. The molecule has 4 rings (SSSR count). The van der Waals surface area contributed by atoms with E-state index < -0.39 is 0 Å². The van der Waals surface area contributed by atoms with Crippen LogP contribution in [0, 0.1) is 20.8 Å². The van der Waals surface area contributed by atoms with Gasteiger partial charge in [0, 0.05) is 18.5 Å². The van der Waals surface area contributed by atoms with E-state index in [0.29, 0.717) is 6.54 Å². The molecule has 1 amide bonds. The van der Waals surface area contributed by atoms with Crippen molar-refractivity contribution in [3.05, 3.63) is 106 Å². The topological polar surface area (TPSA) is 35.9 Å². The fourth-order valence-electron chi connectivity index (χ4n) is 4.50. The zero-order chi connectivity index (χ0) is 22.7. The zero-order valence-electron chi connectivity index (χ0n) is 19.4. The average Bonchev–Trinajstić information content (AvgIpc) is 3.19. The summed E-state index contributed by atoms with van der Waals surface area (Å²) in [6.45, 7) is 7.37. The van der Waals surface area contributed by atoms with E-state index in [2.05, 4.69) is 68.1 Å². The standard InChI is InChI=1S/C28H31N3O/c1-20-14-15-24(22(3)16-20)26-17-27(25-13-9-8-10-21(25)2)31(29-26)28(32)19-30(4)18-23-11-6-5-7-12-23/h5-16,27H,17-19H2,1-4H3/t27-/m0/s1. The predicted octanol–water partition coefficient (Wildman–Crippen LogP) is 5.42. The van der Waals surface area contributed by atoms with Crippen LogP contribution in [0.2, 0.25) is 0 Å². The molecule has 3 aromatic carbocycles. The van der Waals surface area contributed by atoms with Gasteiger partial charge in [0.1, 0.15) is 0 Å². The molecule has 4 nitrogen and oxygen atoms in total. The molecule has 0 radical (unpaired) electrons. The van der Waals surface area contributed by atoms with Gasteiger partial charge in [-0.2, -0.15) is 5.10 Å². The number of likely N-dealkylation sites (N-methyl/N-ethyl adjacent to an activating group) is 1.